The molecule has 5 heteroatoms. The monoisotopic (exact) mass is 250 g/mol. The Morgan fingerprint density at radius 1 is 1.39 bits per heavy atom. The number of aliphatic hydroxyl groups excluding tert-OH is 1. The van der Waals surface area contributed by atoms with Gasteiger partial charge in [0.1, 0.15) is 12.4 Å². The van der Waals surface area contributed by atoms with E-state index < -0.39 is 0 Å². The molecule has 0 aliphatic carbocycles. The smallest absolute Gasteiger partial charge is 0.317 e. The third-order valence-corrected chi connectivity index (χ3v) is 2.92. The minimum absolute atomic E-state index is 0.0257. The number of hydrogen-bond acceptors (Lipinski definition) is 3. The third-order valence-electron chi connectivity index (χ3n) is 2.92. The van der Waals surface area contributed by atoms with Crippen molar-refractivity contribution in [2.45, 2.75) is 6.42 Å². The highest BCUT2D eigenvalue weighted by molar-refractivity contribution is 5.76. The van der Waals surface area contributed by atoms with Crippen LogP contribution >= 0.6 is 0 Å². The minimum atomic E-state index is -0.0257. The predicted molar refractivity (Wildman–Crippen MR) is 67.7 cm³/mol. The fraction of sp³-hybridized carbons (Fsp3) is 0.462. The second-order valence-electron chi connectivity index (χ2n) is 4.15. The maximum atomic E-state index is 11.3. The minimum Gasteiger partial charge on any atom is -0.491 e. The molecular formula is C13H18N2O3. The van der Waals surface area contributed by atoms with E-state index in [4.69, 9.17) is 9.84 Å². The maximum Gasteiger partial charge on any atom is 0.317 e. The van der Waals surface area contributed by atoms with Crippen molar-refractivity contribution in [3.8, 4) is 5.75 Å². The average molecular weight is 250 g/mol. The standard InChI is InChI=1S/C13H18N2O3/c16-9-5-11-3-1-2-4-12(11)18-10-8-15-7-6-14-13(15)17/h1-4,16H,5-10H2,(H,14,17). The molecule has 0 unspecified atom stereocenters. The number of carbonyl (C=O) groups is 1. The van der Waals surface area contributed by atoms with Gasteiger partial charge >= 0.3 is 6.03 Å². The van der Waals surface area contributed by atoms with E-state index in [1.807, 2.05) is 24.3 Å². The topological polar surface area (TPSA) is 61.8 Å². The highest BCUT2D eigenvalue weighted by atomic mass is 16.5. The first kappa shape index (κ1) is 12.7. The van der Waals surface area contributed by atoms with Gasteiger partial charge in [-0.1, -0.05) is 18.2 Å². The van der Waals surface area contributed by atoms with Crippen molar-refractivity contribution in [3.63, 3.8) is 0 Å². The van der Waals surface area contributed by atoms with Crippen molar-refractivity contribution in [3.05, 3.63) is 29.8 Å². The molecule has 98 valence electrons. The van der Waals surface area contributed by atoms with Crippen LogP contribution in [0.25, 0.3) is 0 Å². The van der Waals surface area contributed by atoms with Gasteiger partial charge in [0.25, 0.3) is 0 Å². The molecule has 18 heavy (non-hydrogen) atoms. The van der Waals surface area contributed by atoms with E-state index in [1.165, 1.54) is 0 Å². The Labute approximate surface area is 106 Å². The van der Waals surface area contributed by atoms with Crippen molar-refractivity contribution in [2.24, 2.45) is 0 Å². The van der Waals surface area contributed by atoms with Crippen LogP contribution in [0.15, 0.2) is 24.3 Å². The van der Waals surface area contributed by atoms with Crippen molar-refractivity contribution in [2.75, 3.05) is 32.8 Å². The number of amides is 2. The normalized spacial score (nSPS) is 14.7. The summed E-state index contributed by atoms with van der Waals surface area (Å²) in [5.41, 5.74) is 0.992. The van der Waals surface area contributed by atoms with Crippen LogP contribution < -0.4 is 10.1 Å². The van der Waals surface area contributed by atoms with Crippen LogP contribution in [0.2, 0.25) is 0 Å². The van der Waals surface area contributed by atoms with Gasteiger partial charge in [-0.05, 0) is 18.1 Å². The van der Waals surface area contributed by atoms with Gasteiger partial charge in [-0.3, -0.25) is 0 Å². The van der Waals surface area contributed by atoms with Crippen LogP contribution in [0.3, 0.4) is 0 Å². The number of urea groups is 1. The zero-order valence-corrected chi connectivity index (χ0v) is 10.3. The van der Waals surface area contributed by atoms with Crippen molar-refractivity contribution in [1.29, 1.82) is 0 Å². The Morgan fingerprint density at radius 2 is 2.22 bits per heavy atom. The van der Waals surface area contributed by atoms with Crippen LogP contribution in [0.5, 0.6) is 5.75 Å². The predicted octanol–water partition coefficient (Wildman–Crippen LogP) is 0.625. The van der Waals surface area contributed by atoms with Gasteiger partial charge in [0, 0.05) is 19.7 Å². The number of ether oxygens (including phenoxy) is 1. The number of nitrogens with zero attached hydrogens (tertiary/aromatic N) is 1. The largest absolute Gasteiger partial charge is 0.491 e. The van der Waals surface area contributed by atoms with Gasteiger partial charge < -0.3 is 20.1 Å². The highest BCUT2D eigenvalue weighted by Crippen LogP contribution is 2.18. The zero-order chi connectivity index (χ0) is 12.8. The molecule has 2 N–H and O–H groups in total. The number of carbonyl (C=O) groups excluding carboxylic acids is 1. The molecule has 2 amide bonds. The summed E-state index contributed by atoms with van der Waals surface area (Å²) in [6.07, 6.45) is 0.584. The van der Waals surface area contributed by atoms with Crippen molar-refractivity contribution >= 4 is 6.03 Å². The van der Waals surface area contributed by atoms with Gasteiger partial charge in [-0.25, -0.2) is 4.79 Å². The Kier molecular flexibility index (Phi) is 4.41. The number of para-hydroxylation sites is 1. The molecular weight excluding hydrogens is 232 g/mol. The first-order valence-electron chi connectivity index (χ1n) is 6.15. The number of benzene rings is 1. The molecule has 0 spiro atoms. The van der Waals surface area contributed by atoms with Gasteiger partial charge in [-0.2, -0.15) is 0 Å². The number of aliphatic hydroxyl groups is 1. The summed E-state index contributed by atoms with van der Waals surface area (Å²) < 4.78 is 5.67. The second kappa shape index (κ2) is 6.26. The molecule has 0 aromatic heterocycles. The molecule has 0 saturated carbocycles. The van der Waals surface area contributed by atoms with Crippen LogP contribution in [0.4, 0.5) is 4.79 Å². The van der Waals surface area contributed by atoms with Crippen molar-refractivity contribution < 1.29 is 14.6 Å². The van der Waals surface area contributed by atoms with Crippen LogP contribution in [0.1, 0.15) is 5.56 Å². The van der Waals surface area contributed by atoms with E-state index in [-0.39, 0.29) is 12.6 Å². The summed E-state index contributed by atoms with van der Waals surface area (Å²) in [5, 5.41) is 11.7. The van der Waals surface area contributed by atoms with Gasteiger partial charge in [0.15, 0.2) is 0 Å². The molecule has 1 aliphatic heterocycles. The third kappa shape index (κ3) is 3.13. The first-order chi connectivity index (χ1) is 8.81. The molecule has 5 nitrogen and oxygen atoms in total. The Morgan fingerprint density at radius 3 is 2.94 bits per heavy atom. The van der Waals surface area contributed by atoms with E-state index in [9.17, 15) is 4.79 Å². The fourth-order valence-electron chi connectivity index (χ4n) is 1.96. The van der Waals surface area contributed by atoms with Crippen molar-refractivity contribution in [1.82, 2.24) is 10.2 Å². The van der Waals surface area contributed by atoms with E-state index in [1.54, 1.807) is 4.90 Å². The van der Waals surface area contributed by atoms with E-state index in [0.717, 1.165) is 17.9 Å². The molecule has 1 heterocycles. The lowest BCUT2D eigenvalue weighted by Crippen LogP contribution is -2.31. The highest BCUT2D eigenvalue weighted by Gasteiger charge is 2.18. The quantitative estimate of drug-likeness (QED) is 0.778. The molecule has 0 radical (unpaired) electrons. The van der Waals surface area contributed by atoms with Crippen LogP contribution in [-0.4, -0.2) is 48.9 Å². The molecule has 2 rings (SSSR count). The van der Waals surface area contributed by atoms with Gasteiger partial charge in [-0.15, -0.1) is 0 Å². The first-order valence-corrected chi connectivity index (χ1v) is 6.15. The fourth-order valence-corrected chi connectivity index (χ4v) is 1.96. The Balaban J connectivity index is 1.84. The molecule has 1 aromatic rings. The summed E-state index contributed by atoms with van der Waals surface area (Å²) >= 11 is 0. The lowest BCUT2D eigenvalue weighted by molar-refractivity contribution is 0.202. The molecule has 0 bridgehead atoms. The second-order valence-corrected chi connectivity index (χ2v) is 4.15. The SMILES string of the molecule is O=C1NCCN1CCOc1ccccc1CCO. The molecule has 1 aliphatic rings. The van der Waals surface area contributed by atoms with Gasteiger partial charge in [0.2, 0.25) is 0 Å². The average Bonchev–Trinajstić information content (AvgIpc) is 2.78. The zero-order valence-electron chi connectivity index (χ0n) is 10.3. The summed E-state index contributed by atoms with van der Waals surface area (Å²) in [5.74, 6) is 0.783. The van der Waals surface area contributed by atoms with E-state index in [0.29, 0.717) is 26.1 Å². The summed E-state index contributed by atoms with van der Waals surface area (Å²) in [7, 11) is 0. The molecule has 1 fully saturated rings. The maximum absolute atomic E-state index is 11.3. The number of nitrogens with one attached hydrogen (secondary N) is 1. The molecule has 0 atom stereocenters. The molecule has 1 saturated heterocycles. The number of rotatable bonds is 6. The molecule has 1 aromatic carbocycles. The van der Waals surface area contributed by atoms with Crippen LogP contribution in [-0.2, 0) is 6.42 Å². The van der Waals surface area contributed by atoms with E-state index >= 15 is 0 Å². The number of hydrogen-bond donors (Lipinski definition) is 2. The van der Waals surface area contributed by atoms with Crippen LogP contribution in [0, 0.1) is 0 Å². The summed E-state index contributed by atoms with van der Waals surface area (Å²) in [6, 6.07) is 7.62. The van der Waals surface area contributed by atoms with Gasteiger partial charge in [0.05, 0.1) is 6.54 Å². The lowest BCUT2D eigenvalue weighted by atomic mass is 10.1. The summed E-state index contributed by atoms with van der Waals surface area (Å²) in [6.45, 7) is 2.60. The summed E-state index contributed by atoms with van der Waals surface area (Å²) in [4.78, 5) is 13.0. The van der Waals surface area contributed by atoms with E-state index in [2.05, 4.69) is 5.32 Å². The lowest BCUT2D eigenvalue weighted by Gasteiger charge is -2.15. The Bertz CT molecular complexity index is 409. The Hall–Kier alpha value is -1.75.